The number of hydrogen-bond donors (Lipinski definition) is 2. The summed E-state index contributed by atoms with van der Waals surface area (Å²) < 4.78 is 0. The quantitative estimate of drug-likeness (QED) is 0.604. The fraction of sp³-hybridized carbons (Fsp3) is 0.167. The molecule has 1 heterocycles. The molecule has 3 heteroatoms. The predicted octanol–water partition coefficient (Wildman–Crippen LogP) is 0.600. The molecule has 0 bridgehead atoms. The first-order valence-electron chi connectivity index (χ1n) is 2.70. The molecule has 0 radical (unpaired) electrons. The minimum Gasteiger partial charge on any atom is -0.388 e. The maximum atomic E-state index is 3.77. The third-order valence-corrected chi connectivity index (χ3v) is 1.15. The fourth-order valence-electron chi connectivity index (χ4n) is 0.560. The Bertz CT molecular complexity index is 188. The first kappa shape index (κ1) is 5.88. The Morgan fingerprint density at radius 2 is 2.67 bits per heavy atom. The van der Waals surface area contributed by atoms with Crippen LogP contribution in [0.15, 0.2) is 19.0 Å². The van der Waals surface area contributed by atoms with Crippen molar-refractivity contribution >= 4 is 5.70 Å². The molecule has 2 N–H and O–H groups in total. The van der Waals surface area contributed by atoms with E-state index in [2.05, 4.69) is 22.1 Å². The van der Waals surface area contributed by atoms with Crippen molar-refractivity contribution in [2.24, 2.45) is 0 Å². The number of rotatable bonds is 2. The van der Waals surface area contributed by atoms with Gasteiger partial charge in [0.05, 0.1) is 6.20 Å². The summed E-state index contributed by atoms with van der Waals surface area (Å²) >= 11 is 0. The highest BCUT2D eigenvalue weighted by Crippen LogP contribution is 2.03. The van der Waals surface area contributed by atoms with Crippen molar-refractivity contribution in [3.05, 3.63) is 24.5 Å². The summed E-state index contributed by atoms with van der Waals surface area (Å²) in [5.41, 5.74) is 1.88. The summed E-state index contributed by atoms with van der Waals surface area (Å²) in [6.07, 6.45) is 3.51. The van der Waals surface area contributed by atoms with Gasteiger partial charge in [-0.05, 0) is 0 Å². The van der Waals surface area contributed by atoms with Crippen LogP contribution in [-0.2, 0) is 0 Å². The van der Waals surface area contributed by atoms with Crippen molar-refractivity contribution in [2.45, 2.75) is 0 Å². The Morgan fingerprint density at radius 1 is 1.89 bits per heavy atom. The zero-order valence-corrected chi connectivity index (χ0v) is 5.31. The molecule has 1 aromatic heterocycles. The average Bonchev–Trinajstić information content (AvgIpc) is 2.37. The third-order valence-electron chi connectivity index (χ3n) is 1.15. The number of H-pyrrole nitrogens is 1. The largest absolute Gasteiger partial charge is 0.388 e. The van der Waals surface area contributed by atoms with Crippen LogP contribution in [0.2, 0.25) is 0 Å². The van der Waals surface area contributed by atoms with E-state index in [4.69, 9.17) is 0 Å². The van der Waals surface area contributed by atoms with E-state index >= 15 is 0 Å². The van der Waals surface area contributed by atoms with Crippen LogP contribution < -0.4 is 5.32 Å². The molecule has 0 saturated carbocycles. The van der Waals surface area contributed by atoms with Gasteiger partial charge in [0.2, 0.25) is 0 Å². The second-order valence-electron chi connectivity index (χ2n) is 1.72. The van der Waals surface area contributed by atoms with Crippen LogP contribution in [0.5, 0.6) is 0 Å². The molecule has 9 heavy (non-hydrogen) atoms. The van der Waals surface area contributed by atoms with Gasteiger partial charge in [-0.1, -0.05) is 6.58 Å². The van der Waals surface area contributed by atoms with E-state index < -0.39 is 0 Å². The van der Waals surface area contributed by atoms with Crippen molar-refractivity contribution in [3.63, 3.8) is 0 Å². The van der Waals surface area contributed by atoms with Crippen molar-refractivity contribution in [1.82, 2.24) is 15.5 Å². The van der Waals surface area contributed by atoms with Gasteiger partial charge in [-0.2, -0.15) is 5.10 Å². The molecule has 0 saturated heterocycles. The van der Waals surface area contributed by atoms with Gasteiger partial charge in [-0.3, -0.25) is 5.10 Å². The van der Waals surface area contributed by atoms with Gasteiger partial charge in [0.25, 0.3) is 0 Å². The van der Waals surface area contributed by atoms with Crippen LogP contribution in [0, 0.1) is 0 Å². The van der Waals surface area contributed by atoms with E-state index in [1.54, 1.807) is 12.4 Å². The van der Waals surface area contributed by atoms with E-state index in [-0.39, 0.29) is 0 Å². The van der Waals surface area contributed by atoms with Gasteiger partial charge in [-0.25, -0.2) is 0 Å². The third kappa shape index (κ3) is 1.10. The second kappa shape index (κ2) is 2.35. The zero-order valence-electron chi connectivity index (χ0n) is 5.31. The molecule has 48 valence electrons. The molecule has 0 aromatic carbocycles. The highest BCUT2D eigenvalue weighted by atomic mass is 15.1. The number of hydrogen-bond acceptors (Lipinski definition) is 2. The number of aromatic amines is 1. The van der Waals surface area contributed by atoms with Crippen LogP contribution >= 0.6 is 0 Å². The molecule has 0 aliphatic rings. The lowest BCUT2D eigenvalue weighted by atomic mass is 10.3. The van der Waals surface area contributed by atoms with E-state index in [0.29, 0.717) is 0 Å². The topological polar surface area (TPSA) is 40.7 Å². The van der Waals surface area contributed by atoms with Gasteiger partial charge >= 0.3 is 0 Å². The Hall–Kier alpha value is -1.25. The minimum atomic E-state index is 0.878. The maximum absolute atomic E-state index is 3.77. The van der Waals surface area contributed by atoms with Crippen LogP contribution in [0.1, 0.15) is 5.56 Å². The van der Waals surface area contributed by atoms with E-state index in [0.717, 1.165) is 11.3 Å². The van der Waals surface area contributed by atoms with Crippen molar-refractivity contribution in [3.8, 4) is 0 Å². The van der Waals surface area contributed by atoms with E-state index in [1.165, 1.54) is 0 Å². The van der Waals surface area contributed by atoms with Crippen LogP contribution in [-0.4, -0.2) is 17.2 Å². The van der Waals surface area contributed by atoms with Crippen LogP contribution in [0.3, 0.4) is 0 Å². The average molecular weight is 123 g/mol. The zero-order chi connectivity index (χ0) is 6.69. The summed E-state index contributed by atoms with van der Waals surface area (Å²) in [6.45, 7) is 3.74. The molecular formula is C6H9N3. The lowest BCUT2D eigenvalue weighted by Crippen LogP contribution is -2.01. The van der Waals surface area contributed by atoms with Gasteiger partial charge in [0, 0.05) is 24.5 Å². The standard InChI is InChI=1S/C6H9N3/c1-5(7-2)6-3-8-9-4-6/h3-4,7H,1H2,2H3,(H,8,9). The molecule has 0 aliphatic carbocycles. The van der Waals surface area contributed by atoms with Crippen LogP contribution in [0.4, 0.5) is 0 Å². The maximum Gasteiger partial charge on any atom is 0.0580 e. The highest BCUT2D eigenvalue weighted by molar-refractivity contribution is 5.59. The Labute approximate surface area is 53.8 Å². The van der Waals surface area contributed by atoms with Crippen molar-refractivity contribution in [1.29, 1.82) is 0 Å². The van der Waals surface area contributed by atoms with E-state index in [9.17, 15) is 0 Å². The van der Waals surface area contributed by atoms with Crippen molar-refractivity contribution < 1.29 is 0 Å². The van der Waals surface area contributed by atoms with Gasteiger partial charge in [0.1, 0.15) is 0 Å². The normalized spacial score (nSPS) is 9.00. The molecule has 0 atom stereocenters. The minimum absolute atomic E-state index is 0.878. The van der Waals surface area contributed by atoms with Gasteiger partial charge in [0.15, 0.2) is 0 Å². The summed E-state index contributed by atoms with van der Waals surface area (Å²) in [5.74, 6) is 0. The number of nitrogens with one attached hydrogen (secondary N) is 2. The monoisotopic (exact) mass is 123 g/mol. The van der Waals surface area contributed by atoms with Crippen LogP contribution in [0.25, 0.3) is 5.70 Å². The fourth-order valence-corrected chi connectivity index (χ4v) is 0.560. The first-order chi connectivity index (χ1) is 4.34. The number of aromatic nitrogens is 2. The number of nitrogens with zero attached hydrogens (tertiary/aromatic N) is 1. The Morgan fingerprint density at radius 3 is 3.11 bits per heavy atom. The molecule has 0 spiro atoms. The molecular weight excluding hydrogens is 114 g/mol. The van der Waals surface area contributed by atoms with E-state index in [1.807, 2.05) is 7.05 Å². The van der Waals surface area contributed by atoms with Gasteiger partial charge in [-0.15, -0.1) is 0 Å². The molecule has 0 amide bonds. The van der Waals surface area contributed by atoms with Gasteiger partial charge < -0.3 is 5.32 Å². The molecule has 0 fully saturated rings. The molecule has 1 rings (SSSR count). The SMILES string of the molecule is C=C(NC)c1cn[nH]c1. The molecule has 0 aliphatic heterocycles. The Kier molecular flexibility index (Phi) is 1.53. The second-order valence-corrected chi connectivity index (χ2v) is 1.72. The Balaban J connectivity index is 2.77. The summed E-state index contributed by atoms with van der Waals surface area (Å²) in [5, 5.41) is 9.37. The summed E-state index contributed by atoms with van der Waals surface area (Å²) in [4.78, 5) is 0. The van der Waals surface area contributed by atoms with Crippen molar-refractivity contribution in [2.75, 3.05) is 7.05 Å². The first-order valence-corrected chi connectivity index (χ1v) is 2.70. The smallest absolute Gasteiger partial charge is 0.0580 e. The lowest BCUT2D eigenvalue weighted by molar-refractivity contribution is 1.09. The predicted molar refractivity (Wildman–Crippen MR) is 36.7 cm³/mol. The summed E-state index contributed by atoms with van der Waals surface area (Å²) in [6, 6.07) is 0. The highest BCUT2D eigenvalue weighted by Gasteiger charge is 1.93. The molecule has 1 aromatic rings. The molecule has 0 unspecified atom stereocenters. The molecule has 3 nitrogen and oxygen atoms in total. The lowest BCUT2D eigenvalue weighted by Gasteiger charge is -1.97. The summed E-state index contributed by atoms with van der Waals surface area (Å²) in [7, 11) is 1.83.